The highest BCUT2D eigenvalue weighted by atomic mass is 32.2. The van der Waals surface area contributed by atoms with E-state index < -0.39 is 16.1 Å². The largest absolute Gasteiger partial charge is 0.497 e. The first-order valence-corrected chi connectivity index (χ1v) is 10.7. The second-order valence-electron chi connectivity index (χ2n) is 7.19. The highest BCUT2D eigenvalue weighted by molar-refractivity contribution is 7.89. The maximum absolute atomic E-state index is 13.3. The Morgan fingerprint density at radius 3 is 2.46 bits per heavy atom. The second kappa shape index (κ2) is 7.93. The molecule has 0 aliphatic carbocycles. The van der Waals surface area contributed by atoms with Crippen molar-refractivity contribution in [2.75, 3.05) is 19.0 Å². The third-order valence-electron chi connectivity index (χ3n) is 5.26. The van der Waals surface area contributed by atoms with Gasteiger partial charge in [-0.1, -0.05) is 12.1 Å². The maximum Gasteiger partial charge on any atom is 0.244 e. The van der Waals surface area contributed by atoms with Crippen LogP contribution in [0.1, 0.15) is 29.5 Å². The van der Waals surface area contributed by atoms with Crippen molar-refractivity contribution in [2.45, 2.75) is 44.6 Å². The highest BCUT2D eigenvalue weighted by Crippen LogP contribution is 2.30. The van der Waals surface area contributed by atoms with E-state index in [-0.39, 0.29) is 10.8 Å². The number of benzene rings is 2. The Labute approximate surface area is 166 Å². The molecule has 0 radical (unpaired) electrons. The molecular weight excluding hydrogens is 376 g/mol. The SMILES string of the molecule is COc1ccc(C)c(S(=O)(=O)N2CCC[C@H]2C(=O)Nc2ccc(C)c(C)c2)c1. The van der Waals surface area contributed by atoms with Crippen LogP contribution in [0.4, 0.5) is 5.69 Å². The average Bonchev–Trinajstić information content (AvgIpc) is 3.16. The predicted octanol–water partition coefficient (Wildman–Crippen LogP) is 3.41. The number of sulfonamides is 1. The minimum Gasteiger partial charge on any atom is -0.497 e. The standard InChI is InChI=1S/C21H26N2O4S/c1-14-7-9-17(12-16(14)3)22-21(24)19-6-5-11-23(19)28(25,26)20-13-18(27-4)10-8-15(20)2/h7-10,12-13,19H,5-6,11H2,1-4H3,(H,22,24)/t19-/m0/s1. The van der Waals surface area contributed by atoms with E-state index in [2.05, 4.69) is 5.32 Å². The Morgan fingerprint density at radius 2 is 1.79 bits per heavy atom. The maximum atomic E-state index is 13.3. The van der Waals surface area contributed by atoms with Crippen molar-refractivity contribution in [1.82, 2.24) is 4.31 Å². The van der Waals surface area contributed by atoms with Crippen LogP contribution >= 0.6 is 0 Å². The van der Waals surface area contributed by atoms with Crippen LogP contribution in [0.2, 0.25) is 0 Å². The van der Waals surface area contributed by atoms with Gasteiger partial charge in [-0.15, -0.1) is 0 Å². The summed E-state index contributed by atoms with van der Waals surface area (Å²) < 4.78 is 33.0. The first kappa shape index (κ1) is 20.4. The number of hydrogen-bond acceptors (Lipinski definition) is 4. The zero-order valence-electron chi connectivity index (χ0n) is 16.7. The van der Waals surface area contributed by atoms with Gasteiger partial charge in [0.1, 0.15) is 11.8 Å². The molecule has 0 aromatic heterocycles. The lowest BCUT2D eigenvalue weighted by Crippen LogP contribution is -2.43. The smallest absolute Gasteiger partial charge is 0.244 e. The highest BCUT2D eigenvalue weighted by Gasteiger charge is 2.40. The van der Waals surface area contributed by atoms with Gasteiger partial charge in [-0.3, -0.25) is 4.79 Å². The van der Waals surface area contributed by atoms with E-state index in [9.17, 15) is 13.2 Å². The van der Waals surface area contributed by atoms with Gasteiger partial charge >= 0.3 is 0 Å². The molecule has 1 atom stereocenters. The number of anilines is 1. The monoisotopic (exact) mass is 402 g/mol. The number of methoxy groups -OCH3 is 1. The zero-order chi connectivity index (χ0) is 20.5. The van der Waals surface area contributed by atoms with Crippen LogP contribution in [0.5, 0.6) is 5.75 Å². The summed E-state index contributed by atoms with van der Waals surface area (Å²) in [5.74, 6) is 0.171. The first-order valence-electron chi connectivity index (χ1n) is 9.28. The van der Waals surface area contributed by atoms with Gasteiger partial charge in [-0.05, 0) is 68.5 Å². The van der Waals surface area contributed by atoms with Crippen molar-refractivity contribution in [1.29, 1.82) is 0 Å². The molecule has 150 valence electrons. The van der Waals surface area contributed by atoms with Crippen LogP contribution in [0.3, 0.4) is 0 Å². The summed E-state index contributed by atoms with van der Waals surface area (Å²) in [5, 5.41) is 2.87. The fourth-order valence-electron chi connectivity index (χ4n) is 3.45. The van der Waals surface area contributed by atoms with E-state index in [4.69, 9.17) is 4.74 Å². The van der Waals surface area contributed by atoms with Gasteiger partial charge in [0, 0.05) is 18.3 Å². The number of nitrogens with one attached hydrogen (secondary N) is 1. The molecule has 1 aliphatic heterocycles. The summed E-state index contributed by atoms with van der Waals surface area (Å²) in [4.78, 5) is 13.0. The third-order valence-corrected chi connectivity index (χ3v) is 7.31. The Hall–Kier alpha value is -2.38. The molecule has 28 heavy (non-hydrogen) atoms. The molecule has 0 spiro atoms. The van der Waals surface area contributed by atoms with Gasteiger partial charge < -0.3 is 10.1 Å². The molecule has 1 aliphatic rings. The molecule has 0 saturated carbocycles. The molecule has 3 rings (SSSR count). The fourth-order valence-corrected chi connectivity index (χ4v) is 5.34. The van der Waals surface area contributed by atoms with Crippen LogP contribution in [-0.4, -0.2) is 38.3 Å². The van der Waals surface area contributed by atoms with Crippen molar-refractivity contribution in [3.05, 3.63) is 53.1 Å². The Morgan fingerprint density at radius 1 is 1.07 bits per heavy atom. The van der Waals surface area contributed by atoms with Gasteiger partial charge in [0.25, 0.3) is 0 Å². The molecule has 2 aromatic rings. The van der Waals surface area contributed by atoms with Gasteiger partial charge in [0.2, 0.25) is 15.9 Å². The summed E-state index contributed by atoms with van der Waals surface area (Å²) >= 11 is 0. The van der Waals surface area contributed by atoms with E-state index in [0.29, 0.717) is 36.4 Å². The number of carbonyl (C=O) groups excluding carboxylic acids is 1. The minimum absolute atomic E-state index is 0.178. The van der Waals surface area contributed by atoms with E-state index in [1.807, 2.05) is 32.0 Å². The van der Waals surface area contributed by atoms with E-state index >= 15 is 0 Å². The normalized spacial score (nSPS) is 17.5. The first-order chi connectivity index (χ1) is 13.2. The minimum atomic E-state index is -3.81. The molecular formula is C21H26N2O4S. The quantitative estimate of drug-likeness (QED) is 0.832. The van der Waals surface area contributed by atoms with Gasteiger partial charge in [0.15, 0.2) is 0 Å². The third kappa shape index (κ3) is 3.91. The Balaban J connectivity index is 1.87. The van der Waals surface area contributed by atoms with E-state index in [0.717, 1.165) is 11.1 Å². The molecule has 1 saturated heterocycles. The van der Waals surface area contributed by atoms with Crippen LogP contribution in [0.15, 0.2) is 41.3 Å². The number of aryl methyl sites for hydroxylation is 3. The Kier molecular flexibility index (Phi) is 5.76. The second-order valence-corrected chi connectivity index (χ2v) is 9.05. The van der Waals surface area contributed by atoms with Crippen LogP contribution in [0.25, 0.3) is 0 Å². The molecule has 1 N–H and O–H groups in total. The Bertz CT molecular complexity index is 1000. The van der Waals surface area contributed by atoms with Crippen LogP contribution < -0.4 is 10.1 Å². The summed E-state index contributed by atoms with van der Waals surface area (Å²) in [6.07, 6.45) is 1.15. The van der Waals surface area contributed by atoms with Crippen molar-refractivity contribution < 1.29 is 17.9 Å². The lowest BCUT2D eigenvalue weighted by Gasteiger charge is -2.24. The molecule has 1 fully saturated rings. The molecule has 1 heterocycles. The predicted molar refractivity (Wildman–Crippen MR) is 109 cm³/mol. The number of rotatable bonds is 5. The summed E-state index contributed by atoms with van der Waals surface area (Å²) in [6, 6.07) is 9.90. The number of amides is 1. The number of nitrogens with zero attached hydrogens (tertiary/aromatic N) is 1. The van der Waals surface area contributed by atoms with Crippen molar-refractivity contribution >= 4 is 21.6 Å². The number of carbonyl (C=O) groups is 1. The van der Waals surface area contributed by atoms with Crippen molar-refractivity contribution in [3.8, 4) is 5.75 Å². The van der Waals surface area contributed by atoms with E-state index in [1.54, 1.807) is 19.1 Å². The molecule has 0 bridgehead atoms. The molecule has 2 aromatic carbocycles. The number of ether oxygens (including phenoxy) is 1. The molecule has 0 unspecified atom stereocenters. The molecule has 1 amide bonds. The van der Waals surface area contributed by atoms with E-state index in [1.165, 1.54) is 17.5 Å². The molecule has 6 nitrogen and oxygen atoms in total. The zero-order valence-corrected chi connectivity index (χ0v) is 17.5. The average molecular weight is 403 g/mol. The van der Waals surface area contributed by atoms with Crippen LogP contribution in [0, 0.1) is 20.8 Å². The summed E-state index contributed by atoms with van der Waals surface area (Å²) in [6.45, 7) is 6.04. The van der Waals surface area contributed by atoms with Gasteiger partial charge in [0.05, 0.1) is 12.0 Å². The van der Waals surface area contributed by atoms with Gasteiger partial charge in [-0.25, -0.2) is 8.42 Å². The topological polar surface area (TPSA) is 75.7 Å². The van der Waals surface area contributed by atoms with Crippen molar-refractivity contribution in [2.24, 2.45) is 0 Å². The van der Waals surface area contributed by atoms with Crippen LogP contribution in [-0.2, 0) is 14.8 Å². The molecule has 7 heteroatoms. The lowest BCUT2D eigenvalue weighted by atomic mass is 10.1. The lowest BCUT2D eigenvalue weighted by molar-refractivity contribution is -0.119. The van der Waals surface area contributed by atoms with Crippen molar-refractivity contribution in [3.63, 3.8) is 0 Å². The summed E-state index contributed by atoms with van der Waals surface area (Å²) in [5.41, 5.74) is 3.51. The fraction of sp³-hybridized carbons (Fsp3) is 0.381. The van der Waals surface area contributed by atoms with Gasteiger partial charge in [-0.2, -0.15) is 4.31 Å². The summed E-state index contributed by atoms with van der Waals surface area (Å²) in [7, 11) is -2.31. The number of hydrogen-bond donors (Lipinski definition) is 1.